The Labute approximate surface area is 111 Å². The maximum Gasteiger partial charge on any atom is 0.310 e. The van der Waals surface area contributed by atoms with E-state index in [0.29, 0.717) is 13.2 Å². The molecule has 4 nitrogen and oxygen atoms in total. The molecule has 1 aliphatic heterocycles. The van der Waals surface area contributed by atoms with Crippen molar-refractivity contribution in [2.24, 2.45) is 5.92 Å². The Morgan fingerprint density at radius 2 is 2.44 bits per heavy atom. The molecule has 2 heterocycles. The Bertz CT molecular complexity index is 380. The van der Waals surface area contributed by atoms with Crippen LogP contribution in [0.4, 0.5) is 0 Å². The van der Waals surface area contributed by atoms with Crippen LogP contribution in [0.5, 0.6) is 0 Å². The van der Waals surface area contributed by atoms with Crippen molar-refractivity contribution >= 4 is 17.3 Å². The van der Waals surface area contributed by atoms with Gasteiger partial charge in [-0.3, -0.25) is 9.69 Å². The number of rotatable bonds is 6. The van der Waals surface area contributed by atoms with Crippen LogP contribution in [0.2, 0.25) is 0 Å². The summed E-state index contributed by atoms with van der Waals surface area (Å²) < 4.78 is 5.33. The van der Waals surface area contributed by atoms with Crippen molar-refractivity contribution in [1.82, 2.24) is 4.90 Å². The molecule has 0 aliphatic carbocycles. The summed E-state index contributed by atoms with van der Waals surface area (Å²) in [5.74, 6) is -1.12. The van der Waals surface area contributed by atoms with Crippen molar-refractivity contribution in [3.8, 4) is 0 Å². The third-order valence-electron chi connectivity index (χ3n) is 3.47. The average molecular weight is 269 g/mol. The summed E-state index contributed by atoms with van der Waals surface area (Å²) in [5, 5.41) is 11.2. The van der Waals surface area contributed by atoms with Crippen molar-refractivity contribution in [3.05, 3.63) is 22.4 Å². The first-order valence-corrected chi connectivity index (χ1v) is 7.17. The van der Waals surface area contributed by atoms with Crippen LogP contribution in [0.1, 0.15) is 11.8 Å². The van der Waals surface area contributed by atoms with Gasteiger partial charge in [0.05, 0.1) is 19.1 Å². The number of aliphatic carboxylic acids is 1. The van der Waals surface area contributed by atoms with E-state index in [-0.39, 0.29) is 12.0 Å². The van der Waals surface area contributed by atoms with E-state index in [1.165, 1.54) is 4.88 Å². The molecule has 1 aromatic rings. The lowest BCUT2D eigenvalue weighted by molar-refractivity contribution is -0.143. The first-order chi connectivity index (χ1) is 8.72. The number of carboxylic acid groups (broad SMARTS) is 1. The van der Waals surface area contributed by atoms with Crippen LogP contribution < -0.4 is 0 Å². The quantitative estimate of drug-likeness (QED) is 0.854. The number of carboxylic acids is 1. The zero-order chi connectivity index (χ0) is 13.0. The zero-order valence-corrected chi connectivity index (χ0v) is 11.4. The summed E-state index contributed by atoms with van der Waals surface area (Å²) in [6.07, 6.45) is 0.981. The van der Waals surface area contributed by atoms with E-state index in [4.69, 9.17) is 4.74 Å². The maximum absolute atomic E-state index is 11.2. The molecular formula is C13H19NO3S. The SMILES string of the molecule is CCN(CCc1cccs1)C1COCC1C(=O)O. The van der Waals surface area contributed by atoms with Crippen molar-refractivity contribution in [2.45, 2.75) is 19.4 Å². The molecule has 0 spiro atoms. The van der Waals surface area contributed by atoms with Crippen molar-refractivity contribution in [3.63, 3.8) is 0 Å². The van der Waals surface area contributed by atoms with E-state index in [2.05, 4.69) is 29.3 Å². The van der Waals surface area contributed by atoms with Gasteiger partial charge in [0, 0.05) is 17.5 Å². The van der Waals surface area contributed by atoms with Crippen LogP contribution in [-0.2, 0) is 16.0 Å². The lowest BCUT2D eigenvalue weighted by Gasteiger charge is -2.28. The molecule has 18 heavy (non-hydrogen) atoms. The lowest BCUT2D eigenvalue weighted by atomic mass is 10.0. The fraction of sp³-hybridized carbons (Fsp3) is 0.615. The van der Waals surface area contributed by atoms with Gasteiger partial charge in [-0.05, 0) is 24.4 Å². The van der Waals surface area contributed by atoms with E-state index in [9.17, 15) is 9.90 Å². The number of ether oxygens (including phenoxy) is 1. The Morgan fingerprint density at radius 3 is 3.06 bits per heavy atom. The minimum atomic E-state index is -0.743. The predicted molar refractivity (Wildman–Crippen MR) is 71.0 cm³/mol. The third kappa shape index (κ3) is 3.10. The first-order valence-electron chi connectivity index (χ1n) is 6.29. The normalized spacial score (nSPS) is 23.7. The molecule has 1 aromatic heterocycles. The number of hydrogen-bond acceptors (Lipinski definition) is 4. The van der Waals surface area contributed by atoms with Gasteiger partial charge in [-0.25, -0.2) is 0 Å². The second-order valence-corrected chi connectivity index (χ2v) is 5.54. The molecule has 2 atom stereocenters. The van der Waals surface area contributed by atoms with Crippen molar-refractivity contribution in [2.75, 3.05) is 26.3 Å². The van der Waals surface area contributed by atoms with Gasteiger partial charge >= 0.3 is 5.97 Å². The van der Waals surface area contributed by atoms with E-state index < -0.39 is 5.97 Å². The molecule has 1 aliphatic rings. The van der Waals surface area contributed by atoms with Crippen LogP contribution in [-0.4, -0.2) is 48.3 Å². The van der Waals surface area contributed by atoms with Gasteiger partial charge in [0.15, 0.2) is 0 Å². The molecule has 0 amide bonds. The van der Waals surface area contributed by atoms with Gasteiger partial charge in [0.2, 0.25) is 0 Å². The highest BCUT2D eigenvalue weighted by molar-refractivity contribution is 7.09. The Kier molecular flexibility index (Phi) is 4.74. The van der Waals surface area contributed by atoms with Gasteiger partial charge < -0.3 is 9.84 Å². The molecule has 100 valence electrons. The highest BCUT2D eigenvalue weighted by Gasteiger charge is 2.37. The van der Waals surface area contributed by atoms with Crippen LogP contribution in [0, 0.1) is 5.92 Å². The third-order valence-corrected chi connectivity index (χ3v) is 4.40. The van der Waals surface area contributed by atoms with E-state index in [1.807, 2.05) is 0 Å². The fourth-order valence-electron chi connectivity index (χ4n) is 2.41. The molecule has 1 N–H and O–H groups in total. The number of likely N-dealkylation sites (N-methyl/N-ethyl adjacent to an activating group) is 1. The summed E-state index contributed by atoms with van der Waals surface area (Å²) in [4.78, 5) is 14.7. The molecule has 0 radical (unpaired) electrons. The number of nitrogens with zero attached hydrogens (tertiary/aromatic N) is 1. The number of thiophene rings is 1. The Morgan fingerprint density at radius 1 is 1.61 bits per heavy atom. The van der Waals surface area contributed by atoms with Crippen LogP contribution in [0.3, 0.4) is 0 Å². The summed E-state index contributed by atoms with van der Waals surface area (Å²) in [6, 6.07) is 4.19. The molecule has 0 saturated carbocycles. The monoisotopic (exact) mass is 269 g/mol. The smallest absolute Gasteiger partial charge is 0.310 e. The summed E-state index contributed by atoms with van der Waals surface area (Å²) in [7, 11) is 0. The van der Waals surface area contributed by atoms with E-state index >= 15 is 0 Å². The Balaban J connectivity index is 1.93. The largest absolute Gasteiger partial charge is 0.481 e. The summed E-state index contributed by atoms with van der Waals surface area (Å²) in [6.45, 7) is 4.72. The van der Waals surface area contributed by atoms with Gasteiger partial charge in [-0.1, -0.05) is 13.0 Å². The van der Waals surface area contributed by atoms with Crippen LogP contribution in [0.15, 0.2) is 17.5 Å². The zero-order valence-electron chi connectivity index (χ0n) is 10.5. The Hall–Kier alpha value is -0.910. The molecule has 0 aromatic carbocycles. The van der Waals surface area contributed by atoms with Crippen molar-refractivity contribution < 1.29 is 14.6 Å². The fourth-order valence-corrected chi connectivity index (χ4v) is 3.10. The van der Waals surface area contributed by atoms with Crippen LogP contribution in [0.25, 0.3) is 0 Å². The van der Waals surface area contributed by atoms with Gasteiger partial charge in [0.25, 0.3) is 0 Å². The van der Waals surface area contributed by atoms with Gasteiger partial charge in [-0.15, -0.1) is 11.3 Å². The number of carbonyl (C=O) groups is 1. The molecule has 2 rings (SSSR count). The first kappa shape index (κ1) is 13.5. The lowest BCUT2D eigenvalue weighted by Crippen LogP contribution is -2.43. The second kappa shape index (κ2) is 6.31. The molecule has 5 heteroatoms. The van der Waals surface area contributed by atoms with Gasteiger partial charge in [0.1, 0.15) is 0 Å². The topological polar surface area (TPSA) is 49.8 Å². The highest BCUT2D eigenvalue weighted by atomic mass is 32.1. The molecule has 0 bridgehead atoms. The molecule has 2 unspecified atom stereocenters. The standard InChI is InChI=1S/C13H19NO3S/c1-2-14(6-5-10-4-3-7-18-10)12-9-17-8-11(12)13(15)16/h3-4,7,11-12H,2,5-6,8-9H2,1H3,(H,15,16). The number of hydrogen-bond donors (Lipinski definition) is 1. The molecular weight excluding hydrogens is 250 g/mol. The summed E-state index contributed by atoms with van der Waals surface area (Å²) >= 11 is 1.75. The molecule has 1 fully saturated rings. The predicted octanol–water partition coefficient (Wildman–Crippen LogP) is 1.71. The second-order valence-electron chi connectivity index (χ2n) is 4.51. The van der Waals surface area contributed by atoms with E-state index in [0.717, 1.165) is 19.5 Å². The highest BCUT2D eigenvalue weighted by Crippen LogP contribution is 2.21. The van der Waals surface area contributed by atoms with Gasteiger partial charge in [-0.2, -0.15) is 0 Å². The molecule has 1 saturated heterocycles. The van der Waals surface area contributed by atoms with Crippen LogP contribution >= 0.6 is 11.3 Å². The van der Waals surface area contributed by atoms with Crippen molar-refractivity contribution in [1.29, 1.82) is 0 Å². The minimum absolute atomic E-state index is 0.0208. The minimum Gasteiger partial charge on any atom is -0.481 e. The average Bonchev–Trinajstić information content (AvgIpc) is 2.99. The summed E-state index contributed by atoms with van der Waals surface area (Å²) in [5.41, 5.74) is 0. The maximum atomic E-state index is 11.2. The van der Waals surface area contributed by atoms with E-state index in [1.54, 1.807) is 11.3 Å².